The number of rotatable bonds is 3. The van der Waals surface area contributed by atoms with E-state index < -0.39 is 11.7 Å². The number of fused-ring (bicyclic) bond motifs is 2. The molecule has 2 fully saturated rings. The Hall–Kier alpha value is 0.892. The average molecular weight is 425 g/mol. The minimum Gasteiger partial charge on any atom is -0.541 e. The zero-order valence-corrected chi connectivity index (χ0v) is 12.6. The monoisotopic (exact) mass is 425 g/mol. The summed E-state index contributed by atoms with van der Waals surface area (Å²) in [5, 5.41) is 9.84. The first-order chi connectivity index (χ1) is 6.24. The molecule has 0 aromatic carbocycles. The fourth-order valence-electron chi connectivity index (χ4n) is 2.15. The van der Waals surface area contributed by atoms with E-state index >= 15 is 0 Å². The van der Waals surface area contributed by atoms with E-state index in [1.807, 2.05) is 6.92 Å². The van der Waals surface area contributed by atoms with Gasteiger partial charge in [-0.05, 0) is 12.5 Å². The molecule has 5 heteroatoms. The van der Waals surface area contributed by atoms with Gasteiger partial charge in [0.15, 0.2) is 0 Å². The van der Waals surface area contributed by atoms with Crippen LogP contribution in [0.1, 0.15) is 13.3 Å². The number of hydrogen-bond acceptors (Lipinski definition) is 4. The second-order valence-corrected chi connectivity index (χ2v) is 3.55. The molecule has 0 radical (unpaired) electrons. The molecule has 2 aliphatic heterocycles. The normalized spacial score (nSPS) is 45.2. The second kappa shape index (κ2) is 4.82. The third kappa shape index (κ3) is 1.69. The molecular weight excluding hydrogens is 410 g/mol. The van der Waals surface area contributed by atoms with Gasteiger partial charge in [-0.25, -0.2) is 0 Å². The Morgan fingerprint density at radius 3 is 2.79 bits per heavy atom. The Morgan fingerprint density at radius 1 is 1.57 bits per heavy atom. The van der Waals surface area contributed by atoms with Crippen molar-refractivity contribution in [2.45, 2.75) is 37.3 Å². The van der Waals surface area contributed by atoms with Gasteiger partial charge in [0.25, 0.3) is 0 Å². The van der Waals surface area contributed by atoms with Crippen LogP contribution in [0.4, 0.5) is 0 Å². The average Bonchev–Trinajstić information content (AvgIpc) is 2.59. The number of hydrogen-bond donors (Lipinski definition) is 1. The van der Waals surface area contributed by atoms with Crippen molar-refractivity contribution >= 4 is 0 Å². The summed E-state index contributed by atoms with van der Waals surface area (Å²) in [5.41, 5.74) is -0.569. The molecule has 0 spiro atoms. The van der Waals surface area contributed by atoms with E-state index in [9.17, 15) is 5.11 Å². The van der Waals surface area contributed by atoms with Gasteiger partial charge in [-0.2, -0.15) is 6.61 Å². The number of aliphatic hydroxyl groups excluding tert-OH is 1. The molecule has 14 heavy (non-hydrogen) atoms. The maximum Gasteiger partial charge on any atom is 0.106 e. The minimum atomic E-state index is -0.569. The van der Waals surface area contributed by atoms with E-state index in [1.54, 1.807) is 13.7 Å². The molecule has 0 aromatic heterocycles. The van der Waals surface area contributed by atoms with Gasteiger partial charge in [-0.1, -0.05) is 6.92 Å². The number of methoxy groups -OCH3 is 1. The Balaban J connectivity index is 0.000000980. The molecule has 4 nitrogen and oxygen atoms in total. The van der Waals surface area contributed by atoms with Crippen LogP contribution in [0.3, 0.4) is 0 Å². The third-order valence-corrected chi connectivity index (χ3v) is 2.97. The summed E-state index contributed by atoms with van der Waals surface area (Å²) < 4.78 is 16.1. The Bertz CT molecular complexity index is 201. The standard InChI is InChI=1S/C9H15O4.U/c1-3-9-7(5-11-2)13-6(4-12-9)8(9)10;/h4,6-8,10H,3,5H2,1-2H3;/q-1;/t6-,7-,8-,9-;/m0./s1. The minimum absolute atomic E-state index is 0. The topological polar surface area (TPSA) is 47.9 Å². The quantitative estimate of drug-likeness (QED) is 0.653. The molecular formula is C9H15O4U-. The third-order valence-electron chi connectivity index (χ3n) is 2.97. The molecule has 2 aliphatic rings. The SMILES string of the molecule is CC[C@]12O[CH-][C@H](O[C@H]1COC)[C@@H]2O.[U]. The van der Waals surface area contributed by atoms with Crippen LogP contribution >= 0.6 is 0 Å². The molecule has 2 heterocycles. The van der Waals surface area contributed by atoms with Gasteiger partial charge in [-0.3, -0.25) is 0 Å². The summed E-state index contributed by atoms with van der Waals surface area (Å²) in [6, 6.07) is 0. The summed E-state index contributed by atoms with van der Waals surface area (Å²) in [6.07, 6.45) is -0.236. The maximum atomic E-state index is 9.84. The van der Waals surface area contributed by atoms with Crippen molar-refractivity contribution in [3.8, 4) is 0 Å². The Labute approximate surface area is 108 Å². The Morgan fingerprint density at radius 2 is 2.29 bits per heavy atom. The molecule has 0 saturated carbocycles. The first kappa shape index (κ1) is 13.0. The summed E-state index contributed by atoms with van der Waals surface area (Å²) in [4.78, 5) is 0. The number of ether oxygens (including phenoxy) is 3. The van der Waals surface area contributed by atoms with Gasteiger partial charge in [0.05, 0.1) is 18.3 Å². The predicted molar refractivity (Wildman–Crippen MR) is 45.0 cm³/mol. The van der Waals surface area contributed by atoms with Crippen molar-refractivity contribution in [1.29, 1.82) is 0 Å². The Kier molecular flexibility index (Phi) is 4.46. The van der Waals surface area contributed by atoms with Crippen molar-refractivity contribution in [3.05, 3.63) is 6.61 Å². The maximum absolute atomic E-state index is 9.84. The molecule has 80 valence electrons. The molecule has 0 aliphatic carbocycles. The second-order valence-electron chi connectivity index (χ2n) is 3.55. The molecule has 0 unspecified atom stereocenters. The van der Waals surface area contributed by atoms with Gasteiger partial charge >= 0.3 is 0 Å². The van der Waals surface area contributed by atoms with Crippen LogP contribution in [0.15, 0.2) is 0 Å². The zero-order chi connectivity index (χ0) is 9.47. The van der Waals surface area contributed by atoms with Gasteiger partial charge in [0.1, 0.15) is 6.10 Å². The van der Waals surface area contributed by atoms with Gasteiger partial charge < -0.3 is 19.3 Å². The van der Waals surface area contributed by atoms with Crippen LogP contribution < -0.4 is 0 Å². The first-order valence-electron chi connectivity index (χ1n) is 4.58. The zero-order valence-electron chi connectivity index (χ0n) is 8.40. The molecule has 1 N–H and O–H groups in total. The van der Waals surface area contributed by atoms with Crippen LogP contribution in [0.25, 0.3) is 0 Å². The summed E-state index contributed by atoms with van der Waals surface area (Å²) in [6.45, 7) is 4.03. The van der Waals surface area contributed by atoms with E-state index in [0.717, 1.165) is 6.42 Å². The van der Waals surface area contributed by atoms with Gasteiger partial charge in [-0.15, -0.1) is 0 Å². The van der Waals surface area contributed by atoms with Crippen molar-refractivity contribution in [2.24, 2.45) is 0 Å². The summed E-state index contributed by atoms with van der Waals surface area (Å²) >= 11 is 0. The van der Waals surface area contributed by atoms with Crippen LogP contribution in [0, 0.1) is 37.7 Å². The molecule has 0 amide bonds. The van der Waals surface area contributed by atoms with Crippen molar-refractivity contribution in [2.75, 3.05) is 13.7 Å². The van der Waals surface area contributed by atoms with Crippen LogP contribution in [0.5, 0.6) is 0 Å². The van der Waals surface area contributed by atoms with Crippen LogP contribution in [-0.2, 0) is 14.2 Å². The molecule has 2 saturated heterocycles. The van der Waals surface area contributed by atoms with E-state index in [0.29, 0.717) is 6.61 Å². The van der Waals surface area contributed by atoms with Crippen molar-refractivity contribution in [1.82, 2.24) is 0 Å². The largest absolute Gasteiger partial charge is 0.541 e. The molecule has 2 rings (SSSR count). The van der Waals surface area contributed by atoms with E-state index in [2.05, 4.69) is 0 Å². The molecule has 4 atom stereocenters. The molecule has 0 aromatic rings. The van der Waals surface area contributed by atoms with Gasteiger partial charge in [0.2, 0.25) is 0 Å². The summed E-state index contributed by atoms with van der Waals surface area (Å²) in [7, 11) is 1.62. The molecule has 2 bridgehead atoms. The van der Waals surface area contributed by atoms with Crippen molar-refractivity contribution in [3.63, 3.8) is 0 Å². The predicted octanol–water partition coefficient (Wildman–Crippen LogP) is 0.102. The fraction of sp³-hybridized carbons (Fsp3) is 0.889. The van der Waals surface area contributed by atoms with E-state index in [1.165, 1.54) is 0 Å². The van der Waals surface area contributed by atoms with Crippen molar-refractivity contribution < 1.29 is 50.4 Å². The van der Waals surface area contributed by atoms with E-state index in [4.69, 9.17) is 14.2 Å². The van der Waals surface area contributed by atoms with E-state index in [-0.39, 0.29) is 43.3 Å². The van der Waals surface area contributed by atoms with Crippen LogP contribution in [0.2, 0.25) is 0 Å². The smallest absolute Gasteiger partial charge is 0.106 e. The van der Waals surface area contributed by atoms with Crippen LogP contribution in [-0.4, -0.2) is 42.7 Å². The number of aliphatic hydroxyl groups is 1. The van der Waals surface area contributed by atoms with Gasteiger partial charge in [0, 0.05) is 38.2 Å². The first-order valence-corrected chi connectivity index (χ1v) is 4.58. The summed E-state index contributed by atoms with van der Waals surface area (Å²) in [5.74, 6) is 0. The fourth-order valence-corrected chi connectivity index (χ4v) is 2.15.